The Balaban J connectivity index is 1.77. The predicted octanol–water partition coefficient (Wildman–Crippen LogP) is 3.91. The van der Waals surface area contributed by atoms with Gasteiger partial charge in [-0.15, -0.1) is 0 Å². The van der Waals surface area contributed by atoms with E-state index < -0.39 is 0 Å². The first-order valence-electron chi connectivity index (χ1n) is 6.66. The molecule has 2 aliphatic rings. The summed E-state index contributed by atoms with van der Waals surface area (Å²) in [4.78, 5) is 0. The molecule has 1 unspecified atom stereocenters. The molecule has 0 saturated heterocycles. The van der Waals surface area contributed by atoms with E-state index in [0.29, 0.717) is 0 Å². The molecule has 1 aromatic rings. The molecule has 17 heavy (non-hydrogen) atoms. The molecule has 3 rings (SSSR count). The molecule has 0 aliphatic heterocycles. The number of fused-ring (bicyclic) bond motifs is 1. The highest BCUT2D eigenvalue weighted by atomic mass is 16.5. The van der Waals surface area contributed by atoms with Gasteiger partial charge in [-0.25, -0.2) is 0 Å². The van der Waals surface area contributed by atoms with Crippen LogP contribution in [0.25, 0.3) is 6.08 Å². The first-order chi connectivity index (χ1) is 8.37. The van der Waals surface area contributed by atoms with Crippen molar-refractivity contribution in [1.82, 2.24) is 0 Å². The van der Waals surface area contributed by atoms with E-state index in [9.17, 15) is 0 Å². The van der Waals surface area contributed by atoms with E-state index in [2.05, 4.69) is 42.5 Å². The van der Waals surface area contributed by atoms with Gasteiger partial charge in [0, 0.05) is 7.11 Å². The first kappa shape index (κ1) is 11.0. The van der Waals surface area contributed by atoms with Gasteiger partial charge in [0.25, 0.3) is 0 Å². The summed E-state index contributed by atoms with van der Waals surface area (Å²) in [5.74, 6) is 1.56. The monoisotopic (exact) mass is 228 g/mol. The molecular weight excluding hydrogens is 208 g/mol. The van der Waals surface area contributed by atoms with Crippen LogP contribution in [0.1, 0.15) is 31.2 Å². The second-order valence-corrected chi connectivity index (χ2v) is 5.30. The summed E-state index contributed by atoms with van der Waals surface area (Å²) in [6.45, 7) is 0. The fraction of sp³-hybridized carbons (Fsp3) is 0.500. The quantitative estimate of drug-likeness (QED) is 0.762. The van der Waals surface area contributed by atoms with Crippen LogP contribution in [0.15, 0.2) is 36.4 Å². The molecule has 0 radical (unpaired) electrons. The average molecular weight is 228 g/mol. The van der Waals surface area contributed by atoms with Gasteiger partial charge >= 0.3 is 0 Å². The highest BCUT2D eigenvalue weighted by Gasteiger charge is 2.63. The van der Waals surface area contributed by atoms with Crippen molar-refractivity contribution in [2.75, 3.05) is 7.11 Å². The van der Waals surface area contributed by atoms with Crippen molar-refractivity contribution in [3.8, 4) is 0 Å². The third-order valence-electron chi connectivity index (χ3n) is 4.51. The lowest BCUT2D eigenvalue weighted by Gasteiger charge is -2.10. The summed E-state index contributed by atoms with van der Waals surface area (Å²) in [7, 11) is 1.87. The van der Waals surface area contributed by atoms with E-state index in [4.69, 9.17) is 4.74 Å². The zero-order chi connectivity index (χ0) is 11.7. The van der Waals surface area contributed by atoms with E-state index in [1.54, 1.807) is 0 Å². The third-order valence-corrected chi connectivity index (χ3v) is 4.51. The van der Waals surface area contributed by atoms with Gasteiger partial charge in [0.05, 0.1) is 5.60 Å². The Morgan fingerprint density at radius 1 is 1.12 bits per heavy atom. The van der Waals surface area contributed by atoms with Crippen LogP contribution >= 0.6 is 0 Å². The zero-order valence-electron chi connectivity index (χ0n) is 10.4. The van der Waals surface area contributed by atoms with E-state index in [-0.39, 0.29) is 5.60 Å². The Hall–Kier alpha value is -1.08. The van der Waals surface area contributed by atoms with Crippen molar-refractivity contribution >= 4 is 6.08 Å². The Morgan fingerprint density at radius 2 is 1.76 bits per heavy atom. The van der Waals surface area contributed by atoms with Crippen molar-refractivity contribution in [1.29, 1.82) is 0 Å². The van der Waals surface area contributed by atoms with Gasteiger partial charge in [-0.3, -0.25) is 0 Å². The second-order valence-electron chi connectivity index (χ2n) is 5.30. The molecule has 0 aromatic heterocycles. The topological polar surface area (TPSA) is 9.23 Å². The molecule has 0 spiro atoms. The third kappa shape index (κ3) is 1.83. The van der Waals surface area contributed by atoms with E-state index >= 15 is 0 Å². The molecule has 2 aliphatic carbocycles. The lowest BCUT2D eigenvalue weighted by molar-refractivity contribution is 0.0968. The summed E-state index contributed by atoms with van der Waals surface area (Å²) < 4.78 is 5.83. The molecule has 2 fully saturated rings. The van der Waals surface area contributed by atoms with Crippen LogP contribution in [0.4, 0.5) is 0 Å². The van der Waals surface area contributed by atoms with Crippen LogP contribution in [0.2, 0.25) is 0 Å². The Labute approximate surface area is 103 Å². The first-order valence-corrected chi connectivity index (χ1v) is 6.66. The fourth-order valence-electron chi connectivity index (χ4n) is 3.52. The molecule has 90 valence electrons. The maximum absolute atomic E-state index is 5.83. The molecule has 0 bridgehead atoms. The number of hydrogen-bond acceptors (Lipinski definition) is 1. The Kier molecular flexibility index (Phi) is 2.79. The summed E-state index contributed by atoms with van der Waals surface area (Å²) in [5, 5.41) is 0. The molecule has 1 aromatic carbocycles. The van der Waals surface area contributed by atoms with Crippen molar-refractivity contribution < 1.29 is 4.74 Å². The number of methoxy groups -OCH3 is 1. The zero-order valence-corrected chi connectivity index (χ0v) is 10.4. The van der Waals surface area contributed by atoms with Gasteiger partial charge < -0.3 is 4.74 Å². The highest BCUT2D eigenvalue weighted by Crippen LogP contribution is 2.61. The van der Waals surface area contributed by atoms with Crippen LogP contribution < -0.4 is 0 Å². The minimum atomic E-state index is 0.0618. The Morgan fingerprint density at radius 3 is 2.35 bits per heavy atom. The summed E-state index contributed by atoms with van der Waals surface area (Å²) >= 11 is 0. The van der Waals surface area contributed by atoms with Gasteiger partial charge in [-0.05, 0) is 30.2 Å². The smallest absolute Gasteiger partial charge is 0.0925 e. The highest BCUT2D eigenvalue weighted by molar-refractivity contribution is 5.52. The van der Waals surface area contributed by atoms with Crippen molar-refractivity contribution in [2.45, 2.75) is 31.3 Å². The van der Waals surface area contributed by atoms with E-state index in [1.807, 2.05) is 7.11 Å². The van der Waals surface area contributed by atoms with Gasteiger partial charge in [-0.1, -0.05) is 55.3 Å². The van der Waals surface area contributed by atoms with Gasteiger partial charge in [0.15, 0.2) is 0 Å². The van der Waals surface area contributed by atoms with Gasteiger partial charge in [0.1, 0.15) is 0 Å². The van der Waals surface area contributed by atoms with Gasteiger partial charge in [0.2, 0.25) is 0 Å². The number of rotatable bonds is 3. The van der Waals surface area contributed by atoms with Crippen LogP contribution in [0, 0.1) is 11.8 Å². The molecule has 0 heterocycles. The maximum atomic E-state index is 5.83. The Bertz CT molecular complexity index is 395. The van der Waals surface area contributed by atoms with Crippen molar-refractivity contribution in [2.24, 2.45) is 11.8 Å². The standard InChI is InChI=1S/C16H20O/c1-17-16(14-9-5-6-10-15(14)16)12-11-13-7-3-2-4-8-13/h2-4,7-8,11-12,14-15H,5-6,9-10H2,1H3/b12-11+/t14-,15+,16?. The van der Waals surface area contributed by atoms with E-state index in [0.717, 1.165) is 11.8 Å². The normalized spacial score (nSPS) is 35.8. The molecule has 2 saturated carbocycles. The average Bonchev–Trinajstić information content (AvgIpc) is 3.06. The maximum Gasteiger partial charge on any atom is 0.0925 e. The van der Waals surface area contributed by atoms with Crippen LogP contribution in [0.3, 0.4) is 0 Å². The number of ether oxygens (including phenoxy) is 1. The predicted molar refractivity (Wildman–Crippen MR) is 70.7 cm³/mol. The summed E-state index contributed by atoms with van der Waals surface area (Å²) in [6, 6.07) is 10.5. The molecule has 1 heteroatoms. The van der Waals surface area contributed by atoms with Crippen LogP contribution in [-0.2, 0) is 4.74 Å². The van der Waals surface area contributed by atoms with Crippen LogP contribution in [0.5, 0.6) is 0 Å². The minimum absolute atomic E-state index is 0.0618. The molecule has 3 atom stereocenters. The van der Waals surface area contributed by atoms with Crippen LogP contribution in [-0.4, -0.2) is 12.7 Å². The summed E-state index contributed by atoms with van der Waals surface area (Å²) in [6.07, 6.45) is 9.98. The molecule has 0 N–H and O–H groups in total. The second kappa shape index (κ2) is 4.30. The SMILES string of the molecule is COC1(/C=C/c2ccccc2)[C@@H]2CCCC[C@@H]21. The fourth-order valence-corrected chi connectivity index (χ4v) is 3.52. The van der Waals surface area contributed by atoms with Gasteiger partial charge in [-0.2, -0.15) is 0 Å². The molecular formula is C16H20O. The lowest BCUT2D eigenvalue weighted by atomic mass is 10.0. The molecule has 0 amide bonds. The van der Waals surface area contributed by atoms with Crippen molar-refractivity contribution in [3.63, 3.8) is 0 Å². The lowest BCUT2D eigenvalue weighted by Crippen LogP contribution is -2.12. The largest absolute Gasteiger partial charge is 0.374 e. The minimum Gasteiger partial charge on any atom is -0.374 e. The number of benzene rings is 1. The molecule has 1 nitrogen and oxygen atoms in total. The van der Waals surface area contributed by atoms with Crippen molar-refractivity contribution in [3.05, 3.63) is 42.0 Å². The summed E-state index contributed by atoms with van der Waals surface area (Å²) in [5.41, 5.74) is 1.33. The van der Waals surface area contributed by atoms with E-state index in [1.165, 1.54) is 31.2 Å². The number of hydrogen-bond donors (Lipinski definition) is 0.